The number of carboxylic acid groups (broad SMARTS) is 1. The fourth-order valence-electron chi connectivity index (χ4n) is 2.36. The van der Waals surface area contributed by atoms with Crippen LogP contribution in [0.5, 0.6) is 0 Å². The molecule has 6 nitrogen and oxygen atoms in total. The third-order valence-corrected chi connectivity index (χ3v) is 3.69. The lowest BCUT2D eigenvalue weighted by Gasteiger charge is -2.38. The molecule has 1 rings (SSSR count). The van der Waals surface area contributed by atoms with Gasteiger partial charge in [0.15, 0.2) is 0 Å². The zero-order valence-corrected chi connectivity index (χ0v) is 12.3. The van der Waals surface area contributed by atoms with Crippen LogP contribution in [0.3, 0.4) is 0 Å². The quantitative estimate of drug-likeness (QED) is 0.821. The van der Waals surface area contributed by atoms with Crippen molar-refractivity contribution in [1.29, 1.82) is 0 Å². The molecule has 0 bridgehead atoms. The largest absolute Gasteiger partial charge is 0.481 e. The van der Waals surface area contributed by atoms with Crippen LogP contribution in [0.15, 0.2) is 0 Å². The van der Waals surface area contributed by atoms with Crippen LogP contribution in [-0.2, 0) is 4.79 Å². The first-order valence-electron chi connectivity index (χ1n) is 6.72. The molecule has 6 heteroatoms. The molecule has 1 N–H and O–H groups in total. The molecule has 0 spiro atoms. The third kappa shape index (κ3) is 4.38. The van der Waals surface area contributed by atoms with Gasteiger partial charge < -0.3 is 19.8 Å². The van der Waals surface area contributed by atoms with E-state index in [-0.39, 0.29) is 12.6 Å². The molecule has 0 radical (unpaired) electrons. The number of rotatable bonds is 4. The molecule has 110 valence electrons. The van der Waals surface area contributed by atoms with Gasteiger partial charge in [-0.2, -0.15) is 0 Å². The Morgan fingerprint density at radius 3 is 2.53 bits per heavy atom. The van der Waals surface area contributed by atoms with Gasteiger partial charge in [-0.15, -0.1) is 0 Å². The lowest BCUT2D eigenvalue weighted by molar-refractivity contribution is -0.141. The Morgan fingerprint density at radius 1 is 1.37 bits per heavy atom. The summed E-state index contributed by atoms with van der Waals surface area (Å²) >= 11 is 0. The summed E-state index contributed by atoms with van der Waals surface area (Å²) in [6.45, 7) is 3.34. The molecule has 2 unspecified atom stereocenters. The van der Waals surface area contributed by atoms with E-state index in [1.807, 2.05) is 19.0 Å². The second-order valence-corrected chi connectivity index (χ2v) is 5.61. The van der Waals surface area contributed by atoms with Crippen LogP contribution in [0.1, 0.15) is 19.8 Å². The Hall–Kier alpha value is -1.30. The van der Waals surface area contributed by atoms with Crippen molar-refractivity contribution < 1.29 is 14.7 Å². The van der Waals surface area contributed by atoms with Gasteiger partial charge in [0.2, 0.25) is 0 Å². The molecular formula is C13H25N3O3. The van der Waals surface area contributed by atoms with Crippen molar-refractivity contribution in [3.8, 4) is 0 Å². The van der Waals surface area contributed by atoms with E-state index in [9.17, 15) is 9.59 Å². The maximum atomic E-state index is 12.3. The van der Waals surface area contributed by atoms with E-state index in [4.69, 9.17) is 5.11 Å². The molecule has 0 aliphatic carbocycles. The number of amides is 2. The standard InChI is InChI=1S/C13H25N3O3/c1-10(12(17)18)8-15(4)13(19)16-7-5-6-11(9-16)14(2)3/h10-11H,5-9H2,1-4H3,(H,17,18). The molecule has 1 fully saturated rings. The first kappa shape index (κ1) is 15.8. The number of carboxylic acids is 1. The zero-order chi connectivity index (χ0) is 14.6. The van der Waals surface area contributed by atoms with Gasteiger partial charge in [0.05, 0.1) is 5.92 Å². The van der Waals surface area contributed by atoms with Crippen LogP contribution in [0.2, 0.25) is 0 Å². The Labute approximate surface area is 115 Å². The van der Waals surface area contributed by atoms with E-state index < -0.39 is 11.9 Å². The number of likely N-dealkylation sites (tertiary alicyclic amines) is 1. The molecule has 0 saturated carbocycles. The second-order valence-electron chi connectivity index (χ2n) is 5.61. The molecule has 1 heterocycles. The maximum absolute atomic E-state index is 12.3. The van der Waals surface area contributed by atoms with Gasteiger partial charge in [-0.1, -0.05) is 6.92 Å². The molecule has 0 aromatic rings. The number of hydrogen-bond donors (Lipinski definition) is 1. The molecule has 1 saturated heterocycles. The van der Waals surface area contributed by atoms with Gasteiger partial charge >= 0.3 is 12.0 Å². The Bertz CT molecular complexity index is 333. The number of carbonyl (C=O) groups excluding carboxylic acids is 1. The summed E-state index contributed by atoms with van der Waals surface area (Å²) in [7, 11) is 5.71. The lowest BCUT2D eigenvalue weighted by atomic mass is 10.1. The normalized spacial score (nSPS) is 21.3. The predicted octanol–water partition coefficient (Wildman–Crippen LogP) is 0.785. The monoisotopic (exact) mass is 271 g/mol. The average molecular weight is 271 g/mol. The number of nitrogens with zero attached hydrogens (tertiary/aromatic N) is 3. The third-order valence-electron chi connectivity index (χ3n) is 3.69. The zero-order valence-electron chi connectivity index (χ0n) is 12.3. The van der Waals surface area contributed by atoms with Crippen LogP contribution in [0.4, 0.5) is 4.79 Å². The Kier molecular flexibility index (Phi) is 5.60. The van der Waals surface area contributed by atoms with Crippen molar-refractivity contribution in [1.82, 2.24) is 14.7 Å². The van der Waals surface area contributed by atoms with Crippen LogP contribution in [0, 0.1) is 5.92 Å². The number of likely N-dealkylation sites (N-methyl/N-ethyl adjacent to an activating group) is 1. The average Bonchev–Trinajstić information content (AvgIpc) is 2.37. The van der Waals surface area contributed by atoms with Crippen molar-refractivity contribution in [3.05, 3.63) is 0 Å². The molecule has 0 aromatic heterocycles. The van der Waals surface area contributed by atoms with Crippen molar-refractivity contribution in [2.45, 2.75) is 25.8 Å². The first-order chi connectivity index (χ1) is 8.82. The predicted molar refractivity (Wildman–Crippen MR) is 73.1 cm³/mol. The molecular weight excluding hydrogens is 246 g/mol. The Balaban J connectivity index is 2.54. The summed E-state index contributed by atoms with van der Waals surface area (Å²) in [4.78, 5) is 28.6. The summed E-state index contributed by atoms with van der Waals surface area (Å²) in [5, 5.41) is 8.88. The van der Waals surface area contributed by atoms with Crippen molar-refractivity contribution in [2.24, 2.45) is 5.92 Å². The van der Waals surface area contributed by atoms with Crippen molar-refractivity contribution >= 4 is 12.0 Å². The minimum Gasteiger partial charge on any atom is -0.481 e. The minimum atomic E-state index is -0.871. The highest BCUT2D eigenvalue weighted by Gasteiger charge is 2.27. The first-order valence-corrected chi connectivity index (χ1v) is 6.72. The highest BCUT2D eigenvalue weighted by molar-refractivity contribution is 5.76. The van der Waals surface area contributed by atoms with Crippen LogP contribution in [-0.4, -0.2) is 78.6 Å². The van der Waals surface area contributed by atoms with E-state index in [0.717, 1.165) is 25.9 Å². The van der Waals surface area contributed by atoms with Crippen molar-refractivity contribution in [3.63, 3.8) is 0 Å². The number of hydrogen-bond acceptors (Lipinski definition) is 3. The van der Waals surface area contributed by atoms with Gasteiger partial charge in [-0.25, -0.2) is 4.79 Å². The summed E-state index contributed by atoms with van der Waals surface area (Å²) in [6.07, 6.45) is 2.10. The van der Waals surface area contributed by atoms with Gasteiger partial charge in [-0.05, 0) is 26.9 Å². The lowest BCUT2D eigenvalue weighted by Crippen LogP contribution is -2.51. The number of aliphatic carboxylic acids is 1. The molecule has 1 aliphatic heterocycles. The minimum absolute atomic E-state index is 0.0698. The molecule has 2 atom stereocenters. The SMILES string of the molecule is CC(CN(C)C(=O)N1CCCC(N(C)C)C1)C(=O)O. The number of urea groups is 1. The van der Waals surface area contributed by atoms with Gasteiger partial charge in [0.25, 0.3) is 0 Å². The van der Waals surface area contributed by atoms with Gasteiger partial charge in [0, 0.05) is 32.7 Å². The van der Waals surface area contributed by atoms with Crippen LogP contribution in [0.25, 0.3) is 0 Å². The molecule has 1 aliphatic rings. The maximum Gasteiger partial charge on any atom is 0.319 e. The molecule has 2 amide bonds. The van der Waals surface area contributed by atoms with E-state index in [1.54, 1.807) is 14.0 Å². The Morgan fingerprint density at radius 2 is 2.00 bits per heavy atom. The summed E-state index contributed by atoms with van der Waals surface area (Å²) in [5.41, 5.74) is 0. The van der Waals surface area contributed by atoms with Crippen molar-refractivity contribution in [2.75, 3.05) is 40.8 Å². The molecule has 19 heavy (non-hydrogen) atoms. The number of piperidine rings is 1. The highest BCUT2D eigenvalue weighted by Crippen LogP contribution is 2.15. The van der Waals surface area contributed by atoms with E-state index in [1.165, 1.54) is 4.90 Å². The second kappa shape index (κ2) is 6.75. The number of carbonyl (C=O) groups is 2. The van der Waals surface area contributed by atoms with Gasteiger partial charge in [-0.3, -0.25) is 4.79 Å². The fourth-order valence-corrected chi connectivity index (χ4v) is 2.36. The summed E-state index contributed by atoms with van der Waals surface area (Å²) in [6, 6.07) is 0.322. The van der Waals surface area contributed by atoms with E-state index in [0.29, 0.717) is 6.04 Å². The van der Waals surface area contributed by atoms with E-state index >= 15 is 0 Å². The summed E-state index contributed by atoms with van der Waals surface area (Å²) in [5.74, 6) is -1.41. The highest BCUT2D eigenvalue weighted by atomic mass is 16.4. The van der Waals surface area contributed by atoms with Gasteiger partial charge in [0.1, 0.15) is 0 Å². The fraction of sp³-hybridized carbons (Fsp3) is 0.846. The summed E-state index contributed by atoms with van der Waals surface area (Å²) < 4.78 is 0. The van der Waals surface area contributed by atoms with Crippen LogP contribution < -0.4 is 0 Å². The van der Waals surface area contributed by atoms with Crippen LogP contribution >= 0.6 is 0 Å². The molecule has 0 aromatic carbocycles. The smallest absolute Gasteiger partial charge is 0.319 e. The topological polar surface area (TPSA) is 64.1 Å². The van der Waals surface area contributed by atoms with E-state index in [2.05, 4.69) is 4.90 Å².